The summed E-state index contributed by atoms with van der Waals surface area (Å²) in [5, 5.41) is 0. The summed E-state index contributed by atoms with van der Waals surface area (Å²) in [6, 6.07) is 4.23. The van der Waals surface area contributed by atoms with Gasteiger partial charge < -0.3 is 9.47 Å². The number of hydrogen-bond donors (Lipinski definition) is 0. The second kappa shape index (κ2) is 22.7. The van der Waals surface area contributed by atoms with Crippen LogP contribution in [-0.2, 0) is 6.42 Å². The first kappa shape index (κ1) is 32.7. The number of aryl methyl sites for hydroxylation is 2. The lowest BCUT2D eigenvalue weighted by Crippen LogP contribution is -2.23. The van der Waals surface area contributed by atoms with Crippen molar-refractivity contribution in [2.45, 2.75) is 110 Å². The molecule has 1 aromatic rings. The fourth-order valence-electron chi connectivity index (χ4n) is 4.19. The van der Waals surface area contributed by atoms with Crippen LogP contribution in [0.3, 0.4) is 0 Å². The lowest BCUT2D eigenvalue weighted by Gasteiger charge is -2.28. The van der Waals surface area contributed by atoms with Gasteiger partial charge in [-0.1, -0.05) is 71.6 Å². The molecule has 0 saturated heterocycles. The van der Waals surface area contributed by atoms with Gasteiger partial charge in [0, 0.05) is 0 Å². The minimum absolute atomic E-state index is 0.408. The van der Waals surface area contributed by atoms with E-state index in [2.05, 4.69) is 71.4 Å². The molecule has 0 aromatic heterocycles. The van der Waals surface area contributed by atoms with Crippen molar-refractivity contribution in [3.05, 3.63) is 23.3 Å². The predicted octanol–water partition coefficient (Wildman–Crippen LogP) is 8.39. The Kier molecular flexibility index (Phi) is 22.5. The molecule has 0 saturated carbocycles. The first-order valence-electron chi connectivity index (χ1n) is 12.4. The van der Waals surface area contributed by atoms with Crippen molar-refractivity contribution >= 4 is 0 Å². The molecule has 1 aliphatic heterocycles. The normalized spacial score (nSPS) is 13.5. The number of benzene rings is 1. The van der Waals surface area contributed by atoms with Crippen LogP contribution in [0.25, 0.3) is 0 Å². The van der Waals surface area contributed by atoms with Crippen molar-refractivity contribution in [2.24, 2.45) is 5.92 Å². The molecule has 1 aliphatic rings. The van der Waals surface area contributed by atoms with Crippen LogP contribution in [0.15, 0.2) is 12.1 Å². The number of terminal acetylenes is 3. The number of methoxy groups -OCH3 is 1. The molecular formula is C31H48O2. The summed E-state index contributed by atoms with van der Waals surface area (Å²) in [6.07, 6.45) is 41.9. The fraction of sp³-hybridized carbons (Fsp3) is 0.613. The molecule has 0 aliphatic carbocycles. The molecule has 0 unspecified atom stereocenters. The monoisotopic (exact) mass is 452 g/mol. The van der Waals surface area contributed by atoms with Gasteiger partial charge in [-0.3, -0.25) is 0 Å². The largest absolute Gasteiger partial charge is 0.497 e. The summed E-state index contributed by atoms with van der Waals surface area (Å²) in [7, 11) is 1.74. The number of unbranched alkanes of at least 4 members (excludes halogenated alkanes) is 8. The summed E-state index contributed by atoms with van der Waals surface area (Å²) in [6.45, 7) is 6.79. The van der Waals surface area contributed by atoms with Crippen molar-refractivity contribution < 1.29 is 9.47 Å². The summed E-state index contributed by atoms with van der Waals surface area (Å²) < 4.78 is 11.7. The van der Waals surface area contributed by atoms with Crippen molar-refractivity contribution in [1.29, 1.82) is 0 Å². The highest BCUT2D eigenvalue weighted by atomic mass is 16.5. The second-order valence-corrected chi connectivity index (χ2v) is 8.86. The highest BCUT2D eigenvalue weighted by molar-refractivity contribution is 5.47. The number of ether oxygens (including phenoxy) is 2. The molecule has 2 heteroatoms. The molecule has 184 valence electrons. The number of fused-ring (bicyclic) bond motifs is 1. The Morgan fingerprint density at radius 3 is 1.88 bits per heavy atom. The van der Waals surface area contributed by atoms with Crippen LogP contribution < -0.4 is 9.47 Å². The van der Waals surface area contributed by atoms with E-state index in [0.717, 1.165) is 30.3 Å². The second-order valence-electron chi connectivity index (χ2n) is 8.86. The molecule has 0 spiro atoms. The zero-order valence-corrected chi connectivity index (χ0v) is 21.8. The van der Waals surface area contributed by atoms with Crippen LogP contribution in [0.5, 0.6) is 11.5 Å². The van der Waals surface area contributed by atoms with E-state index in [-0.39, 0.29) is 0 Å². The Bertz CT molecular complexity index is 637. The highest BCUT2D eigenvalue weighted by Gasteiger charge is 2.21. The van der Waals surface area contributed by atoms with E-state index in [1.165, 1.54) is 81.8 Å². The Labute approximate surface area is 206 Å². The topological polar surface area (TPSA) is 18.5 Å². The molecule has 2 rings (SSSR count). The maximum atomic E-state index is 6.31. The van der Waals surface area contributed by atoms with Crippen LogP contribution in [0.2, 0.25) is 0 Å². The lowest BCUT2D eigenvalue weighted by atomic mass is 9.96. The van der Waals surface area contributed by atoms with Crippen LogP contribution in [0, 0.1) is 51.4 Å². The first-order chi connectivity index (χ1) is 16.1. The molecule has 0 N–H and O–H groups in total. The molecule has 1 atom stereocenters. The van der Waals surface area contributed by atoms with Crippen molar-refractivity contribution in [3.8, 4) is 50.0 Å². The van der Waals surface area contributed by atoms with Crippen LogP contribution in [0.4, 0.5) is 0 Å². The Morgan fingerprint density at radius 2 is 1.36 bits per heavy atom. The van der Waals surface area contributed by atoms with E-state index in [1.54, 1.807) is 7.11 Å². The third kappa shape index (κ3) is 15.1. The van der Waals surface area contributed by atoms with Gasteiger partial charge in [-0.15, -0.1) is 38.5 Å². The quantitative estimate of drug-likeness (QED) is 0.221. The fourth-order valence-corrected chi connectivity index (χ4v) is 4.19. The lowest BCUT2D eigenvalue weighted by molar-refractivity contribution is 0.158. The van der Waals surface area contributed by atoms with Crippen LogP contribution in [-0.4, -0.2) is 13.2 Å². The molecule has 0 amide bonds. The van der Waals surface area contributed by atoms with Gasteiger partial charge in [-0.25, -0.2) is 0 Å². The van der Waals surface area contributed by atoms with Gasteiger partial charge in [0.1, 0.15) is 11.5 Å². The van der Waals surface area contributed by atoms with Gasteiger partial charge in [0.05, 0.1) is 13.2 Å². The van der Waals surface area contributed by atoms with Gasteiger partial charge in [0.2, 0.25) is 0 Å². The summed E-state index contributed by atoms with van der Waals surface area (Å²) >= 11 is 0. The standard InChI is InChI=1S/C25H42O2.3C2H2/c1-20(2)14-12-10-8-6-5-7-9-11-13-15-23-17-16-22-19-24(26-4)18-21(3)25(22)27-23;3*1-2/h18-20,23H,5-17H2,1-4H3;3*1-2H/t23-;;;/m1.../s1. The van der Waals surface area contributed by atoms with Crippen LogP contribution in [0.1, 0.15) is 102 Å². The predicted molar refractivity (Wildman–Crippen MR) is 146 cm³/mol. The van der Waals surface area contributed by atoms with E-state index in [9.17, 15) is 0 Å². The zero-order chi connectivity index (χ0) is 25.5. The van der Waals surface area contributed by atoms with Gasteiger partial charge in [-0.2, -0.15) is 0 Å². The minimum Gasteiger partial charge on any atom is -0.497 e. The van der Waals surface area contributed by atoms with E-state index >= 15 is 0 Å². The van der Waals surface area contributed by atoms with Gasteiger partial charge >= 0.3 is 0 Å². The van der Waals surface area contributed by atoms with Crippen molar-refractivity contribution in [3.63, 3.8) is 0 Å². The number of rotatable bonds is 13. The summed E-state index contributed by atoms with van der Waals surface area (Å²) in [5.41, 5.74) is 2.53. The maximum Gasteiger partial charge on any atom is 0.126 e. The maximum absolute atomic E-state index is 6.31. The Hall–Kier alpha value is -2.50. The van der Waals surface area contributed by atoms with Crippen molar-refractivity contribution in [1.82, 2.24) is 0 Å². The molecule has 2 nitrogen and oxygen atoms in total. The zero-order valence-electron chi connectivity index (χ0n) is 21.8. The molecule has 1 aromatic carbocycles. The number of hydrogen-bond acceptors (Lipinski definition) is 2. The van der Waals surface area contributed by atoms with Crippen molar-refractivity contribution in [2.75, 3.05) is 7.11 Å². The van der Waals surface area contributed by atoms with E-state index in [1.807, 2.05) is 0 Å². The molecule has 0 fully saturated rings. The molecular weight excluding hydrogens is 404 g/mol. The minimum atomic E-state index is 0.408. The molecule has 1 heterocycles. The third-order valence-electron chi connectivity index (χ3n) is 5.89. The molecule has 0 radical (unpaired) electrons. The van der Waals surface area contributed by atoms with Crippen LogP contribution >= 0.6 is 0 Å². The highest BCUT2D eigenvalue weighted by Crippen LogP contribution is 2.35. The third-order valence-corrected chi connectivity index (χ3v) is 5.89. The molecule has 33 heavy (non-hydrogen) atoms. The summed E-state index contributed by atoms with van der Waals surface area (Å²) in [5.74, 6) is 2.94. The first-order valence-corrected chi connectivity index (χ1v) is 12.4. The van der Waals surface area contributed by atoms with Gasteiger partial charge in [0.15, 0.2) is 0 Å². The van der Waals surface area contributed by atoms with Gasteiger partial charge in [-0.05, 0) is 61.8 Å². The average molecular weight is 453 g/mol. The van der Waals surface area contributed by atoms with Gasteiger partial charge in [0.25, 0.3) is 0 Å². The Balaban J connectivity index is 0. The van der Waals surface area contributed by atoms with E-state index < -0.39 is 0 Å². The molecule has 0 bridgehead atoms. The van der Waals surface area contributed by atoms with E-state index in [4.69, 9.17) is 9.47 Å². The summed E-state index contributed by atoms with van der Waals surface area (Å²) in [4.78, 5) is 0. The van der Waals surface area contributed by atoms with E-state index in [0.29, 0.717) is 6.10 Å². The smallest absolute Gasteiger partial charge is 0.126 e. The average Bonchev–Trinajstić information content (AvgIpc) is 2.86. The Morgan fingerprint density at radius 1 is 0.848 bits per heavy atom. The SMILES string of the molecule is C#C.C#C.C#C.COc1cc(C)c2c(c1)CC[C@@H](CCCCCCCCCCCC(C)C)O2.